The van der Waals surface area contributed by atoms with Gasteiger partial charge in [0.05, 0.1) is 58.4 Å². The molecule has 84 heavy (non-hydrogen) atoms. The van der Waals surface area contributed by atoms with Crippen LogP contribution in [0.5, 0.6) is 0 Å². The number of hydrogen-bond acceptors (Lipinski definition) is 12. The third kappa shape index (κ3) is 19.1. The molecule has 8 aromatic rings. The number of carbonyl (C=O) groups excluding carboxylic acids is 7. The van der Waals surface area contributed by atoms with Gasteiger partial charge in [-0.05, 0) is 95.1 Å². The number of halogens is 4. The van der Waals surface area contributed by atoms with Crippen molar-refractivity contribution in [2.45, 2.75) is 59.8 Å². The molecule has 0 fully saturated rings. The summed E-state index contributed by atoms with van der Waals surface area (Å²) in [7, 11) is 11.1. The van der Waals surface area contributed by atoms with Crippen LogP contribution in [0.3, 0.4) is 0 Å². The second-order valence-corrected chi connectivity index (χ2v) is 20.1. The Morgan fingerprint density at radius 2 is 0.667 bits per heavy atom. The maximum atomic E-state index is 13.0. The van der Waals surface area contributed by atoms with E-state index in [0.717, 1.165) is 46.2 Å². The monoisotopic (exact) mass is 1150 g/mol. The van der Waals surface area contributed by atoms with Gasteiger partial charge < -0.3 is 43.8 Å². The number of carboxylic acid groups (broad SMARTS) is 1. The van der Waals surface area contributed by atoms with Crippen molar-refractivity contribution in [2.75, 3.05) is 62.7 Å². The van der Waals surface area contributed by atoms with E-state index in [2.05, 4.69) is 0 Å². The van der Waals surface area contributed by atoms with E-state index in [9.17, 15) is 55.9 Å². The minimum absolute atomic E-state index is 0.0233. The van der Waals surface area contributed by atoms with Crippen LogP contribution in [0, 0.1) is 23.3 Å². The smallest absolute Gasteiger partial charge is 0.372 e. The number of aliphatic carboxylic acids is 1. The molecule has 4 aromatic heterocycles. The number of aromatic nitrogens is 4. The third-order valence-electron chi connectivity index (χ3n) is 12.7. The summed E-state index contributed by atoms with van der Waals surface area (Å²) in [5.41, 5.74) is 14.0. The van der Waals surface area contributed by atoms with E-state index >= 15 is 0 Å². The maximum Gasteiger partial charge on any atom is 0.372 e. The molecule has 0 amide bonds. The highest BCUT2D eigenvalue weighted by Crippen LogP contribution is 2.23. The summed E-state index contributed by atoms with van der Waals surface area (Å²) < 4.78 is 58.7. The van der Waals surface area contributed by atoms with Gasteiger partial charge in [-0.3, -0.25) is 33.6 Å². The van der Waals surface area contributed by atoms with Crippen molar-refractivity contribution < 1.29 is 61.0 Å². The molecule has 440 valence electrons. The first-order chi connectivity index (χ1) is 39.6. The van der Waals surface area contributed by atoms with Gasteiger partial charge in [0.15, 0.2) is 28.9 Å². The van der Waals surface area contributed by atoms with Crippen LogP contribution in [-0.4, -0.2) is 112 Å². The molecule has 0 saturated carbocycles. The van der Waals surface area contributed by atoms with Gasteiger partial charge >= 0.3 is 5.97 Å². The molecule has 0 radical (unpaired) electrons. The van der Waals surface area contributed by atoms with Gasteiger partial charge in [0, 0.05) is 114 Å². The van der Waals surface area contributed by atoms with Crippen molar-refractivity contribution in [1.82, 2.24) is 18.3 Å². The van der Waals surface area contributed by atoms with E-state index in [1.807, 2.05) is 54.8 Å². The lowest BCUT2D eigenvalue weighted by molar-refractivity contribution is -0.148. The summed E-state index contributed by atoms with van der Waals surface area (Å²) in [5.74, 6) is -6.33. The van der Waals surface area contributed by atoms with E-state index in [0.29, 0.717) is 48.9 Å². The molecule has 4 heterocycles. The summed E-state index contributed by atoms with van der Waals surface area (Å²) in [6, 6.07) is 31.1. The quantitative estimate of drug-likeness (QED) is 0.0297. The number of nitrogens with two attached hydrogens (primary N) is 1. The Bertz CT molecular complexity index is 3500. The number of carbonyl (C=O) groups is 8. The van der Waals surface area contributed by atoms with E-state index < -0.39 is 47.7 Å². The number of hydrogen-bond donors (Lipinski definition) is 2. The van der Waals surface area contributed by atoms with Crippen molar-refractivity contribution in [3.8, 4) is 0 Å². The third-order valence-corrected chi connectivity index (χ3v) is 12.7. The normalized spacial score (nSPS) is 10.5. The summed E-state index contributed by atoms with van der Waals surface area (Å²) in [5, 5.41) is 8.65. The summed E-state index contributed by atoms with van der Waals surface area (Å²) in [6.07, 6.45) is 6.00. The van der Waals surface area contributed by atoms with Gasteiger partial charge in [-0.25, -0.2) is 22.4 Å². The number of rotatable bonds is 21. The molecule has 0 aliphatic rings. The standard InChI is InChI=1S/C18H19FN2O3.C17H17FN2O4.C15H17FN2O.C13H13FN2O/c1-12(22)17(23)9-18(24)16-8-15(20(2)3)11-21(16)10-13-4-6-14(19)7-5-13;1-19(2)13-7-14(15(21)8-16(22)17(23)24)20(10-13)9-11-3-5-12(18)6-4-11;1-11(19)15-8-14(17(2)3)10-18(15)9-12-4-6-13(16)7-5-12;1-9(17)13-6-12(15)8-16(13)7-10-2-4-11(14)5-3-10/h4-8,11H,9-10H2,1-3H3;3-7,10H,8-9H2,1-2H3,(H,23,24);4-8,10H,9H2,1-3H3;2-6,8H,7,15H2,1H3. The van der Waals surface area contributed by atoms with Crippen LogP contribution in [0.25, 0.3) is 0 Å². The van der Waals surface area contributed by atoms with Crippen LogP contribution >= 0.6 is 0 Å². The molecule has 4 aromatic carbocycles. The fraction of sp³-hybridized carbons (Fsp3) is 0.238. The van der Waals surface area contributed by atoms with Crippen molar-refractivity contribution in [1.29, 1.82) is 0 Å². The second kappa shape index (κ2) is 29.7. The van der Waals surface area contributed by atoms with E-state index in [1.54, 1.807) is 125 Å². The number of ketones is 7. The Kier molecular flexibility index (Phi) is 22.9. The largest absolute Gasteiger partial charge is 0.475 e. The average molecular weight is 1160 g/mol. The number of nitrogen functional groups attached to an aromatic ring is 1. The molecule has 0 saturated heterocycles. The number of Topliss-reactive ketones (excluding diaryl/α,β-unsaturated/α-hetero) is 7. The fourth-order valence-corrected chi connectivity index (χ4v) is 8.16. The SMILES string of the molecule is CC(=O)C(=O)CC(=O)c1cc(N(C)C)cn1Cc1ccc(F)cc1.CC(=O)c1cc(N(C)C)cn1Cc1ccc(F)cc1.CC(=O)c1cc(N)cn1Cc1ccc(F)cc1.CN(C)c1cc(C(=O)CC(=O)C(=O)O)n(Cc2ccc(F)cc2)c1. The van der Waals surface area contributed by atoms with Gasteiger partial charge in [-0.15, -0.1) is 0 Å². The predicted octanol–water partition coefficient (Wildman–Crippen LogP) is 9.84. The fourth-order valence-electron chi connectivity index (χ4n) is 8.16. The first-order valence-electron chi connectivity index (χ1n) is 26.0. The number of carboxylic acids is 1. The molecule has 0 atom stereocenters. The van der Waals surface area contributed by atoms with Gasteiger partial charge in [0.2, 0.25) is 11.6 Å². The molecule has 21 heteroatoms. The van der Waals surface area contributed by atoms with Crippen molar-refractivity contribution in [3.05, 3.63) is 214 Å². The van der Waals surface area contributed by atoms with Crippen LogP contribution in [0.15, 0.2) is 146 Å². The van der Waals surface area contributed by atoms with Crippen LogP contribution < -0.4 is 20.4 Å². The zero-order valence-electron chi connectivity index (χ0n) is 48.0. The lowest BCUT2D eigenvalue weighted by Crippen LogP contribution is -2.19. The predicted molar refractivity (Wildman–Crippen MR) is 313 cm³/mol. The molecule has 0 bridgehead atoms. The molecular weight excluding hydrogens is 1090 g/mol. The molecule has 0 spiro atoms. The topological polar surface area (TPSA) is 212 Å². The first-order valence-corrected chi connectivity index (χ1v) is 26.0. The van der Waals surface area contributed by atoms with Gasteiger partial charge in [0.25, 0.3) is 0 Å². The summed E-state index contributed by atoms with van der Waals surface area (Å²) in [4.78, 5) is 97.8. The molecular formula is C63H66F4N8O9. The van der Waals surface area contributed by atoms with Crippen molar-refractivity contribution >= 4 is 69.2 Å². The number of anilines is 4. The van der Waals surface area contributed by atoms with Crippen LogP contribution in [0.4, 0.5) is 40.3 Å². The number of nitrogens with zero attached hydrogens (tertiary/aromatic N) is 7. The van der Waals surface area contributed by atoms with Gasteiger partial charge in [-0.2, -0.15) is 0 Å². The zero-order valence-corrected chi connectivity index (χ0v) is 48.0. The Balaban J connectivity index is 0.000000207. The first kappa shape index (κ1) is 64.9. The molecule has 0 aliphatic heterocycles. The molecule has 8 rings (SSSR count). The van der Waals surface area contributed by atoms with Crippen molar-refractivity contribution in [3.63, 3.8) is 0 Å². The average Bonchev–Trinajstić information content (AvgIpc) is 4.46. The lowest BCUT2D eigenvalue weighted by atomic mass is 10.1. The Morgan fingerprint density at radius 1 is 0.405 bits per heavy atom. The van der Waals surface area contributed by atoms with E-state index in [1.165, 1.54) is 55.5 Å². The highest BCUT2D eigenvalue weighted by Gasteiger charge is 2.23. The van der Waals surface area contributed by atoms with Gasteiger partial charge in [0.1, 0.15) is 23.3 Å². The highest BCUT2D eigenvalue weighted by molar-refractivity contribution is 6.40. The summed E-state index contributed by atoms with van der Waals surface area (Å²) >= 11 is 0. The van der Waals surface area contributed by atoms with Crippen LogP contribution in [0.2, 0.25) is 0 Å². The van der Waals surface area contributed by atoms with E-state index in [4.69, 9.17) is 10.8 Å². The minimum atomic E-state index is -1.63. The number of benzene rings is 4. The lowest BCUT2D eigenvalue weighted by Gasteiger charge is -2.09. The summed E-state index contributed by atoms with van der Waals surface area (Å²) in [6.45, 7) is 5.93. The Labute approximate surface area is 483 Å². The van der Waals surface area contributed by atoms with Crippen molar-refractivity contribution in [2.24, 2.45) is 0 Å². The van der Waals surface area contributed by atoms with Gasteiger partial charge in [-0.1, -0.05) is 48.5 Å². The Hall–Kier alpha value is -9.92. The molecule has 0 unspecified atom stereocenters. The van der Waals surface area contributed by atoms with E-state index in [-0.39, 0.29) is 40.5 Å². The van der Waals surface area contributed by atoms with Crippen LogP contribution in [0.1, 0.15) is 97.8 Å². The zero-order chi connectivity index (χ0) is 62.1. The Morgan fingerprint density at radius 3 is 0.940 bits per heavy atom. The second-order valence-electron chi connectivity index (χ2n) is 20.1. The maximum absolute atomic E-state index is 13.0. The highest BCUT2D eigenvalue weighted by atomic mass is 19.1. The molecule has 3 N–H and O–H groups in total. The molecule has 0 aliphatic carbocycles. The molecule has 17 nitrogen and oxygen atoms in total. The van der Waals surface area contributed by atoms with Crippen LogP contribution in [-0.2, 0) is 45.4 Å². The minimum Gasteiger partial charge on any atom is -0.475 e.